The number of fused-ring (bicyclic) bond motifs is 1. The molecule has 0 aliphatic heterocycles. The maximum Gasteiger partial charge on any atom is 0.269 e. The summed E-state index contributed by atoms with van der Waals surface area (Å²) in [5.41, 5.74) is 1.41. The Morgan fingerprint density at radius 3 is 1.50 bits per heavy atom. The van der Waals surface area contributed by atoms with Crippen LogP contribution in [0.4, 0.5) is 8.78 Å². The second-order valence-electron chi connectivity index (χ2n) is 6.28. The summed E-state index contributed by atoms with van der Waals surface area (Å²) in [7, 11) is 0. The van der Waals surface area contributed by atoms with E-state index in [4.69, 9.17) is 0 Å². The van der Waals surface area contributed by atoms with Gasteiger partial charge < -0.3 is 0 Å². The third-order valence-corrected chi connectivity index (χ3v) is 5.10. The van der Waals surface area contributed by atoms with Crippen LogP contribution >= 0.6 is 0 Å². The zero-order valence-electron chi connectivity index (χ0n) is 12.3. The Labute approximate surface area is 130 Å². The smallest absolute Gasteiger partial charge is 0.205 e. The fourth-order valence-electron chi connectivity index (χ4n) is 4.29. The lowest BCUT2D eigenvalue weighted by atomic mass is 9.85. The van der Waals surface area contributed by atoms with Crippen LogP contribution in [0, 0.1) is 23.7 Å². The van der Waals surface area contributed by atoms with E-state index >= 15 is 8.78 Å². The van der Waals surface area contributed by atoms with E-state index in [-0.39, 0.29) is 11.8 Å². The number of hydrogen-bond donors (Lipinski definition) is 0. The number of hydrogen-bond acceptors (Lipinski definition) is 0. The van der Waals surface area contributed by atoms with E-state index < -0.39 is 5.92 Å². The lowest BCUT2D eigenvalue weighted by molar-refractivity contribution is 0.0487. The largest absolute Gasteiger partial charge is 0.269 e. The van der Waals surface area contributed by atoms with Crippen molar-refractivity contribution in [3.8, 4) is 0 Å². The molecule has 4 rings (SSSR count). The van der Waals surface area contributed by atoms with Gasteiger partial charge in [0.05, 0.1) is 11.8 Å². The summed E-state index contributed by atoms with van der Waals surface area (Å²) >= 11 is 0. The third kappa shape index (κ3) is 2.00. The van der Waals surface area contributed by atoms with Gasteiger partial charge in [0.2, 0.25) is 0 Å². The van der Waals surface area contributed by atoms with Gasteiger partial charge in [0.15, 0.2) is 0 Å². The fourth-order valence-corrected chi connectivity index (χ4v) is 4.29. The van der Waals surface area contributed by atoms with Crippen LogP contribution in [-0.2, 0) is 0 Å². The van der Waals surface area contributed by atoms with Crippen molar-refractivity contribution in [1.82, 2.24) is 0 Å². The Bertz CT molecular complexity index is 580. The van der Waals surface area contributed by atoms with E-state index in [1.165, 1.54) is 0 Å². The Morgan fingerprint density at radius 1 is 0.682 bits per heavy atom. The van der Waals surface area contributed by atoms with E-state index in [0.717, 1.165) is 19.3 Å². The first-order chi connectivity index (χ1) is 10.7. The fraction of sp³-hybridized carbons (Fsp3) is 0.300. The van der Waals surface area contributed by atoms with Crippen molar-refractivity contribution in [3.05, 3.63) is 83.6 Å². The summed E-state index contributed by atoms with van der Waals surface area (Å²) in [6, 6.07) is 18.5. The van der Waals surface area contributed by atoms with Gasteiger partial charge in [-0.05, 0) is 35.8 Å². The average Bonchev–Trinajstić information content (AvgIpc) is 3.05. The highest BCUT2D eigenvalue weighted by atomic mass is 19.3. The van der Waals surface area contributed by atoms with Crippen LogP contribution in [0.2, 0.25) is 0 Å². The van der Waals surface area contributed by atoms with E-state index in [1.807, 2.05) is 60.7 Å². The van der Waals surface area contributed by atoms with E-state index in [9.17, 15) is 0 Å². The number of halogens is 2. The Balaban J connectivity index is 1.81. The zero-order valence-corrected chi connectivity index (χ0v) is 12.3. The minimum atomic E-state index is -2.83. The molecule has 2 aromatic rings. The lowest BCUT2D eigenvalue weighted by Gasteiger charge is -2.27. The molecule has 2 aromatic carbocycles. The molecule has 2 heteroatoms. The maximum absolute atomic E-state index is 15.3. The molecule has 112 valence electrons. The van der Waals surface area contributed by atoms with Crippen molar-refractivity contribution >= 4 is 0 Å². The third-order valence-electron chi connectivity index (χ3n) is 5.10. The lowest BCUT2D eigenvalue weighted by Crippen LogP contribution is -2.30. The normalized spacial score (nSPS) is 27.9. The Hall–Kier alpha value is -1.70. The SMILES string of the molecule is FC1(F)[C](c2ccccc2)C2CCCC2[C]1c1ccccc1. The molecule has 2 saturated carbocycles. The van der Waals surface area contributed by atoms with E-state index in [2.05, 4.69) is 0 Å². The van der Waals surface area contributed by atoms with Gasteiger partial charge in [0, 0.05) is 0 Å². The minimum Gasteiger partial charge on any atom is -0.205 e. The molecule has 0 aromatic heterocycles. The average molecular weight is 296 g/mol. The van der Waals surface area contributed by atoms with Crippen LogP contribution in [0.1, 0.15) is 30.4 Å². The van der Waals surface area contributed by atoms with Crippen molar-refractivity contribution in [2.45, 2.75) is 25.2 Å². The monoisotopic (exact) mass is 296 g/mol. The molecule has 2 aliphatic carbocycles. The first-order valence-corrected chi connectivity index (χ1v) is 7.93. The molecule has 2 radical (unpaired) electrons. The predicted molar refractivity (Wildman–Crippen MR) is 83.4 cm³/mol. The van der Waals surface area contributed by atoms with E-state index in [1.54, 1.807) is 0 Å². The van der Waals surface area contributed by atoms with Gasteiger partial charge in [0.1, 0.15) is 0 Å². The molecule has 0 amide bonds. The molecule has 0 saturated heterocycles. The van der Waals surface area contributed by atoms with Gasteiger partial charge in [-0.15, -0.1) is 0 Å². The van der Waals surface area contributed by atoms with Crippen molar-refractivity contribution in [2.75, 3.05) is 0 Å². The predicted octanol–water partition coefficient (Wildman–Crippen LogP) is 5.30. The van der Waals surface area contributed by atoms with Crippen LogP contribution < -0.4 is 0 Å². The first-order valence-electron chi connectivity index (χ1n) is 7.93. The van der Waals surface area contributed by atoms with Crippen molar-refractivity contribution in [3.63, 3.8) is 0 Å². The van der Waals surface area contributed by atoms with Crippen LogP contribution in [0.5, 0.6) is 0 Å². The van der Waals surface area contributed by atoms with Gasteiger partial charge in [-0.3, -0.25) is 0 Å². The minimum absolute atomic E-state index is 0.00685. The molecule has 0 N–H and O–H groups in total. The molecule has 0 bridgehead atoms. The summed E-state index contributed by atoms with van der Waals surface area (Å²) in [5, 5.41) is 0. The van der Waals surface area contributed by atoms with Crippen LogP contribution in [0.25, 0.3) is 0 Å². The number of rotatable bonds is 2. The zero-order chi connectivity index (χ0) is 15.2. The molecule has 2 atom stereocenters. The summed E-state index contributed by atoms with van der Waals surface area (Å²) in [6.07, 6.45) is 2.79. The van der Waals surface area contributed by atoms with Crippen molar-refractivity contribution in [1.29, 1.82) is 0 Å². The number of benzene rings is 2. The molecule has 2 unspecified atom stereocenters. The first kappa shape index (κ1) is 13.9. The molecular formula is C20H18F2. The quantitative estimate of drug-likeness (QED) is 0.705. The maximum atomic E-state index is 15.3. The van der Waals surface area contributed by atoms with Gasteiger partial charge in [-0.25, -0.2) is 8.78 Å². The van der Waals surface area contributed by atoms with Crippen LogP contribution in [0.3, 0.4) is 0 Å². The van der Waals surface area contributed by atoms with Gasteiger partial charge in [-0.1, -0.05) is 67.1 Å². The van der Waals surface area contributed by atoms with Crippen LogP contribution in [0.15, 0.2) is 60.7 Å². The molecule has 2 fully saturated rings. The topological polar surface area (TPSA) is 0 Å². The molecule has 22 heavy (non-hydrogen) atoms. The molecular weight excluding hydrogens is 278 g/mol. The highest BCUT2D eigenvalue weighted by molar-refractivity contribution is 5.53. The highest BCUT2D eigenvalue weighted by Crippen LogP contribution is 2.64. The highest BCUT2D eigenvalue weighted by Gasteiger charge is 2.64. The Kier molecular flexibility index (Phi) is 3.28. The van der Waals surface area contributed by atoms with Crippen LogP contribution in [-0.4, -0.2) is 5.92 Å². The molecule has 0 nitrogen and oxygen atoms in total. The standard InChI is InChI=1S/C20H18F2/c21-20(22)18(14-8-3-1-4-9-14)16-12-7-13-17(16)19(20)15-10-5-2-6-11-15/h1-6,8-11,16-17H,7,12-13H2. The van der Waals surface area contributed by atoms with Crippen molar-refractivity contribution < 1.29 is 8.78 Å². The summed E-state index contributed by atoms with van der Waals surface area (Å²) in [5.74, 6) is -2.16. The second-order valence-corrected chi connectivity index (χ2v) is 6.28. The van der Waals surface area contributed by atoms with Gasteiger partial charge in [0.25, 0.3) is 5.92 Å². The van der Waals surface area contributed by atoms with Gasteiger partial charge >= 0.3 is 0 Å². The molecule has 0 spiro atoms. The second kappa shape index (κ2) is 5.19. The Morgan fingerprint density at radius 2 is 1.09 bits per heavy atom. The van der Waals surface area contributed by atoms with Crippen molar-refractivity contribution in [2.24, 2.45) is 11.8 Å². The molecule has 0 heterocycles. The summed E-state index contributed by atoms with van der Waals surface area (Å²) in [6.45, 7) is 0. The number of alkyl halides is 2. The summed E-state index contributed by atoms with van der Waals surface area (Å²) < 4.78 is 30.6. The van der Waals surface area contributed by atoms with E-state index in [0.29, 0.717) is 23.0 Å². The summed E-state index contributed by atoms with van der Waals surface area (Å²) in [4.78, 5) is 0. The molecule has 2 aliphatic rings. The van der Waals surface area contributed by atoms with Gasteiger partial charge in [-0.2, -0.15) is 0 Å².